The maximum Gasteiger partial charge on any atom is 0.251 e. The number of carbonyl (C=O) groups excluding carboxylic acids is 1. The number of hydrogen-bond donors (Lipinski definition) is 1. The first-order valence-corrected chi connectivity index (χ1v) is 12.0. The van der Waals surface area contributed by atoms with Crippen molar-refractivity contribution in [3.8, 4) is 0 Å². The minimum Gasteiger partial charge on any atom is -1.00 e. The van der Waals surface area contributed by atoms with Gasteiger partial charge >= 0.3 is 0 Å². The minimum absolute atomic E-state index is 0. The summed E-state index contributed by atoms with van der Waals surface area (Å²) in [5.41, 5.74) is 5.44. The van der Waals surface area contributed by atoms with E-state index in [-0.39, 0.29) is 29.9 Å². The van der Waals surface area contributed by atoms with Crippen LogP contribution in [0.2, 0.25) is 0 Å². The lowest BCUT2D eigenvalue weighted by Gasteiger charge is -2.40. The van der Waals surface area contributed by atoms with E-state index in [2.05, 4.69) is 65.7 Å². The average molecular weight is 611 g/mol. The Kier molecular flexibility index (Phi) is 8.95. The Labute approximate surface area is 217 Å². The largest absolute Gasteiger partial charge is 1.00 e. The normalized spacial score (nSPS) is 16.9. The number of anilines is 1. The molecule has 1 N–H and O–H groups in total. The SMILES string of the molecule is C[N+](C)(Cc1ccc(NC(=O)C2=Cc3cc(Br)ccc3CCC2)cc1)C1CCOCC1.[I-]. The number of hydrogen-bond acceptors (Lipinski definition) is 2. The highest BCUT2D eigenvalue weighted by atomic mass is 127. The summed E-state index contributed by atoms with van der Waals surface area (Å²) < 4.78 is 7.54. The van der Waals surface area contributed by atoms with Gasteiger partial charge in [0.1, 0.15) is 6.54 Å². The van der Waals surface area contributed by atoms with E-state index in [1.165, 1.54) is 11.1 Å². The highest BCUT2D eigenvalue weighted by Gasteiger charge is 2.30. The van der Waals surface area contributed by atoms with Crippen LogP contribution in [0.4, 0.5) is 5.69 Å². The zero-order valence-electron chi connectivity index (χ0n) is 18.9. The van der Waals surface area contributed by atoms with Gasteiger partial charge in [0.2, 0.25) is 0 Å². The van der Waals surface area contributed by atoms with Crippen molar-refractivity contribution < 1.29 is 38.0 Å². The second kappa shape index (κ2) is 11.3. The number of aryl methyl sites for hydroxylation is 1. The third-order valence-corrected chi connectivity index (χ3v) is 7.10. The smallest absolute Gasteiger partial charge is 0.251 e. The third kappa shape index (κ3) is 6.43. The van der Waals surface area contributed by atoms with Gasteiger partial charge in [-0.25, -0.2) is 0 Å². The molecular formula is C26H32BrIN2O2. The molecule has 0 saturated carbocycles. The summed E-state index contributed by atoms with van der Waals surface area (Å²) in [4.78, 5) is 12.9. The Morgan fingerprint density at radius 3 is 2.53 bits per heavy atom. The number of rotatable bonds is 5. The molecule has 0 radical (unpaired) electrons. The number of halogens is 2. The number of amides is 1. The topological polar surface area (TPSA) is 38.3 Å². The lowest BCUT2D eigenvalue weighted by atomic mass is 10.0. The van der Waals surface area contributed by atoms with Crippen molar-refractivity contribution in [1.82, 2.24) is 0 Å². The van der Waals surface area contributed by atoms with E-state index in [0.29, 0.717) is 6.04 Å². The van der Waals surface area contributed by atoms with Crippen LogP contribution < -0.4 is 29.3 Å². The molecule has 1 fully saturated rings. The third-order valence-electron chi connectivity index (χ3n) is 6.60. The van der Waals surface area contributed by atoms with E-state index in [1.54, 1.807) is 0 Å². The van der Waals surface area contributed by atoms with Gasteiger partial charge in [-0.05, 0) is 60.7 Å². The van der Waals surface area contributed by atoms with Gasteiger partial charge in [-0.2, -0.15) is 0 Å². The van der Waals surface area contributed by atoms with Crippen LogP contribution in [-0.2, 0) is 22.5 Å². The van der Waals surface area contributed by atoms with Gasteiger partial charge in [-0.1, -0.05) is 34.1 Å². The molecule has 1 aliphatic carbocycles. The number of nitrogens with one attached hydrogen (secondary N) is 1. The molecular weight excluding hydrogens is 579 g/mol. The Bertz CT molecular complexity index is 966. The number of benzene rings is 2. The molecule has 0 bridgehead atoms. The van der Waals surface area contributed by atoms with Gasteiger partial charge in [-0.15, -0.1) is 0 Å². The monoisotopic (exact) mass is 610 g/mol. The zero-order valence-corrected chi connectivity index (χ0v) is 22.6. The molecule has 1 aliphatic heterocycles. The van der Waals surface area contributed by atoms with Crippen LogP contribution in [0.1, 0.15) is 42.4 Å². The second-order valence-electron chi connectivity index (χ2n) is 9.30. The van der Waals surface area contributed by atoms with E-state index in [9.17, 15) is 4.79 Å². The molecule has 0 spiro atoms. The lowest BCUT2D eigenvalue weighted by molar-refractivity contribution is -0.929. The summed E-state index contributed by atoms with van der Waals surface area (Å²) in [7, 11) is 4.61. The van der Waals surface area contributed by atoms with Crippen LogP contribution in [0.25, 0.3) is 6.08 Å². The first-order chi connectivity index (χ1) is 14.9. The number of quaternary nitrogens is 1. The van der Waals surface area contributed by atoms with Crippen molar-refractivity contribution in [3.05, 3.63) is 69.2 Å². The maximum atomic E-state index is 12.9. The summed E-state index contributed by atoms with van der Waals surface area (Å²) in [5, 5.41) is 3.10. The van der Waals surface area contributed by atoms with Gasteiger partial charge in [-0.3, -0.25) is 4.79 Å². The van der Waals surface area contributed by atoms with E-state index < -0.39 is 0 Å². The van der Waals surface area contributed by atoms with Crippen LogP contribution >= 0.6 is 15.9 Å². The highest BCUT2D eigenvalue weighted by Crippen LogP contribution is 2.27. The van der Waals surface area contributed by atoms with E-state index >= 15 is 0 Å². The van der Waals surface area contributed by atoms with Crippen LogP contribution in [0.3, 0.4) is 0 Å². The number of nitrogens with zero attached hydrogens (tertiary/aromatic N) is 1. The van der Waals surface area contributed by atoms with E-state index in [0.717, 1.165) is 77.6 Å². The van der Waals surface area contributed by atoms with Crippen molar-refractivity contribution in [2.45, 2.75) is 44.7 Å². The summed E-state index contributed by atoms with van der Waals surface area (Å²) in [6.45, 7) is 2.72. The maximum absolute atomic E-state index is 12.9. The molecule has 1 amide bonds. The van der Waals surface area contributed by atoms with Crippen molar-refractivity contribution in [1.29, 1.82) is 0 Å². The van der Waals surface area contributed by atoms with Gasteiger partial charge < -0.3 is 38.5 Å². The van der Waals surface area contributed by atoms with Gasteiger partial charge in [0, 0.05) is 34.1 Å². The van der Waals surface area contributed by atoms with Crippen LogP contribution in [0.5, 0.6) is 0 Å². The molecule has 0 atom stereocenters. The molecule has 6 heteroatoms. The predicted molar refractivity (Wildman–Crippen MR) is 130 cm³/mol. The molecule has 0 unspecified atom stereocenters. The Hall–Kier alpha value is -1.22. The number of ether oxygens (including phenoxy) is 1. The second-order valence-corrected chi connectivity index (χ2v) is 10.2. The number of carbonyl (C=O) groups is 1. The highest BCUT2D eigenvalue weighted by molar-refractivity contribution is 9.10. The molecule has 4 nitrogen and oxygen atoms in total. The molecule has 1 heterocycles. The summed E-state index contributed by atoms with van der Waals surface area (Å²) in [5.74, 6) is -0.00103. The fraction of sp³-hybridized carbons (Fsp3) is 0.423. The van der Waals surface area contributed by atoms with Crippen molar-refractivity contribution >= 4 is 33.6 Å². The summed E-state index contributed by atoms with van der Waals surface area (Å²) >= 11 is 3.54. The Balaban J connectivity index is 0.00000289. The van der Waals surface area contributed by atoms with E-state index in [1.807, 2.05) is 18.2 Å². The van der Waals surface area contributed by atoms with Gasteiger partial charge in [0.15, 0.2) is 0 Å². The van der Waals surface area contributed by atoms with Crippen LogP contribution in [0, 0.1) is 0 Å². The van der Waals surface area contributed by atoms with Gasteiger partial charge in [0.05, 0.1) is 33.4 Å². The molecule has 0 aromatic heterocycles. The molecule has 2 aromatic rings. The van der Waals surface area contributed by atoms with Crippen molar-refractivity contribution in [2.24, 2.45) is 0 Å². The quantitative estimate of drug-likeness (QED) is 0.418. The fourth-order valence-corrected chi connectivity index (χ4v) is 5.10. The standard InChI is InChI=1S/C26H31BrN2O2.HI/c1-29(2,25-12-14-31-15-13-25)18-19-6-10-24(11-7-19)28-26(30)21-5-3-4-20-8-9-23(27)17-22(20)16-21;/h6-11,16-17,25H,3-5,12-15,18H2,1-2H3;1H. The first-order valence-electron chi connectivity index (χ1n) is 11.2. The van der Waals surface area contributed by atoms with Crippen LogP contribution in [0.15, 0.2) is 52.5 Å². The van der Waals surface area contributed by atoms with Gasteiger partial charge in [0.25, 0.3) is 5.91 Å². The molecule has 4 rings (SSSR count). The predicted octanol–water partition coefficient (Wildman–Crippen LogP) is 2.57. The molecule has 32 heavy (non-hydrogen) atoms. The first kappa shape index (κ1) is 25.4. The molecule has 2 aliphatic rings. The molecule has 1 saturated heterocycles. The number of fused-ring (bicyclic) bond motifs is 1. The Morgan fingerprint density at radius 1 is 1.09 bits per heavy atom. The summed E-state index contributed by atoms with van der Waals surface area (Å²) in [6, 6.07) is 15.3. The van der Waals surface area contributed by atoms with Crippen molar-refractivity contribution in [3.63, 3.8) is 0 Å². The lowest BCUT2D eigenvalue weighted by Crippen LogP contribution is -3.00. The summed E-state index contributed by atoms with van der Waals surface area (Å²) in [6.07, 6.45) is 7.08. The Morgan fingerprint density at radius 2 is 1.81 bits per heavy atom. The zero-order chi connectivity index (χ0) is 21.8. The fourth-order valence-electron chi connectivity index (χ4n) is 4.72. The van der Waals surface area contributed by atoms with E-state index in [4.69, 9.17) is 4.74 Å². The average Bonchev–Trinajstić information content (AvgIpc) is 2.97. The minimum atomic E-state index is -0.00103. The molecule has 2 aromatic carbocycles. The molecule has 172 valence electrons. The van der Waals surface area contributed by atoms with Crippen LogP contribution in [-0.4, -0.2) is 43.7 Å². The van der Waals surface area contributed by atoms with Crippen molar-refractivity contribution in [2.75, 3.05) is 32.6 Å².